The number of guanidine groups is 1. The standard InChI is InChI=1S/C23H36N6O.HI/c1-24-22(29-14-11-23(19-29)9-4-2-5-10-23)26-13-8-21(30)28-17-15-27(16-18-28)20-7-3-6-12-25-20;/h3,6-7,12H,2,4-5,8-11,13-19H2,1H3,(H,24,26);1H. The van der Waals surface area contributed by atoms with Crippen molar-refractivity contribution in [2.75, 3.05) is 57.8 Å². The Balaban J connectivity index is 0.00000272. The van der Waals surface area contributed by atoms with Gasteiger partial charge in [0.2, 0.25) is 5.91 Å². The lowest BCUT2D eigenvalue weighted by Gasteiger charge is -2.35. The van der Waals surface area contributed by atoms with Crippen LogP contribution < -0.4 is 10.2 Å². The van der Waals surface area contributed by atoms with Gasteiger partial charge < -0.3 is 20.0 Å². The molecule has 1 aromatic heterocycles. The molecule has 0 bridgehead atoms. The summed E-state index contributed by atoms with van der Waals surface area (Å²) in [5.41, 5.74) is 0.513. The maximum atomic E-state index is 12.7. The number of rotatable bonds is 4. The molecule has 0 radical (unpaired) electrons. The number of aromatic nitrogens is 1. The third-order valence-corrected chi connectivity index (χ3v) is 7.09. The van der Waals surface area contributed by atoms with Crippen LogP contribution in [0.1, 0.15) is 44.9 Å². The lowest BCUT2D eigenvalue weighted by atomic mass is 9.73. The minimum atomic E-state index is 0. The van der Waals surface area contributed by atoms with E-state index >= 15 is 0 Å². The summed E-state index contributed by atoms with van der Waals surface area (Å²) < 4.78 is 0. The van der Waals surface area contributed by atoms with Crippen molar-refractivity contribution in [3.63, 3.8) is 0 Å². The summed E-state index contributed by atoms with van der Waals surface area (Å²) in [6, 6.07) is 5.97. The van der Waals surface area contributed by atoms with Crippen LogP contribution in [0.4, 0.5) is 5.82 Å². The van der Waals surface area contributed by atoms with E-state index in [0.717, 1.165) is 51.0 Å². The first kappa shape index (κ1) is 24.1. The van der Waals surface area contributed by atoms with E-state index in [2.05, 4.69) is 25.1 Å². The molecule has 1 N–H and O–H groups in total. The van der Waals surface area contributed by atoms with E-state index in [1.165, 1.54) is 38.5 Å². The number of carbonyl (C=O) groups is 1. The Morgan fingerprint density at radius 3 is 2.52 bits per heavy atom. The van der Waals surface area contributed by atoms with Crippen LogP contribution in [0.3, 0.4) is 0 Å². The molecule has 3 fully saturated rings. The molecule has 1 spiro atoms. The first-order valence-corrected chi connectivity index (χ1v) is 11.6. The van der Waals surface area contributed by atoms with Crippen LogP contribution in [-0.4, -0.2) is 79.5 Å². The molecule has 2 aliphatic heterocycles. The molecule has 0 unspecified atom stereocenters. The largest absolute Gasteiger partial charge is 0.356 e. The summed E-state index contributed by atoms with van der Waals surface area (Å²) in [5.74, 6) is 2.19. The van der Waals surface area contributed by atoms with E-state index in [9.17, 15) is 4.79 Å². The van der Waals surface area contributed by atoms with Gasteiger partial charge in [-0.15, -0.1) is 24.0 Å². The first-order chi connectivity index (χ1) is 14.7. The zero-order valence-electron chi connectivity index (χ0n) is 18.8. The molecule has 0 aromatic carbocycles. The molecule has 1 amide bonds. The smallest absolute Gasteiger partial charge is 0.224 e. The summed E-state index contributed by atoms with van der Waals surface area (Å²) in [6.07, 6.45) is 10.5. The molecule has 8 heteroatoms. The van der Waals surface area contributed by atoms with Gasteiger partial charge in [0.25, 0.3) is 0 Å². The Morgan fingerprint density at radius 2 is 1.84 bits per heavy atom. The van der Waals surface area contributed by atoms with Crippen LogP contribution >= 0.6 is 24.0 Å². The predicted molar refractivity (Wildman–Crippen MR) is 136 cm³/mol. The second-order valence-electron chi connectivity index (χ2n) is 9.01. The molecule has 31 heavy (non-hydrogen) atoms. The quantitative estimate of drug-likeness (QED) is 0.362. The maximum Gasteiger partial charge on any atom is 0.224 e. The Kier molecular flexibility index (Phi) is 8.80. The number of amides is 1. The number of nitrogens with zero attached hydrogens (tertiary/aromatic N) is 5. The molecular formula is C23H37IN6O. The van der Waals surface area contributed by atoms with Crippen molar-refractivity contribution in [3.8, 4) is 0 Å². The summed E-state index contributed by atoms with van der Waals surface area (Å²) >= 11 is 0. The Bertz CT molecular complexity index is 729. The van der Waals surface area contributed by atoms with Crippen LogP contribution in [0.5, 0.6) is 0 Å². The number of carbonyl (C=O) groups excluding carboxylic acids is 1. The molecule has 7 nitrogen and oxygen atoms in total. The number of piperazine rings is 1. The Labute approximate surface area is 203 Å². The van der Waals surface area contributed by atoms with Crippen LogP contribution in [0.2, 0.25) is 0 Å². The fraction of sp³-hybridized carbons (Fsp3) is 0.696. The second kappa shape index (κ2) is 11.3. The van der Waals surface area contributed by atoms with E-state index in [1.807, 2.05) is 36.3 Å². The van der Waals surface area contributed by atoms with Gasteiger partial charge in [-0.3, -0.25) is 9.79 Å². The van der Waals surface area contributed by atoms with Gasteiger partial charge in [0.15, 0.2) is 5.96 Å². The van der Waals surface area contributed by atoms with Gasteiger partial charge in [-0.2, -0.15) is 0 Å². The number of anilines is 1. The van der Waals surface area contributed by atoms with E-state index in [0.29, 0.717) is 18.4 Å². The Hall–Kier alpha value is -1.58. The highest BCUT2D eigenvalue weighted by atomic mass is 127. The lowest BCUT2D eigenvalue weighted by molar-refractivity contribution is -0.131. The lowest BCUT2D eigenvalue weighted by Crippen LogP contribution is -2.49. The fourth-order valence-electron chi connectivity index (χ4n) is 5.32. The third kappa shape index (κ3) is 6.02. The van der Waals surface area contributed by atoms with E-state index in [1.54, 1.807) is 0 Å². The second-order valence-corrected chi connectivity index (χ2v) is 9.01. The van der Waals surface area contributed by atoms with Crippen LogP contribution in [-0.2, 0) is 4.79 Å². The molecule has 3 heterocycles. The number of aliphatic imine (C=N–C) groups is 1. The average molecular weight is 540 g/mol. The summed E-state index contributed by atoms with van der Waals surface area (Å²) in [5, 5.41) is 3.45. The molecule has 2 saturated heterocycles. The van der Waals surface area contributed by atoms with Gasteiger partial charge in [-0.1, -0.05) is 25.3 Å². The number of hydrogen-bond acceptors (Lipinski definition) is 4. The van der Waals surface area contributed by atoms with Crippen molar-refractivity contribution in [2.24, 2.45) is 10.4 Å². The molecule has 172 valence electrons. The van der Waals surface area contributed by atoms with Crippen LogP contribution in [0, 0.1) is 5.41 Å². The summed E-state index contributed by atoms with van der Waals surface area (Å²) in [6.45, 7) is 6.06. The Morgan fingerprint density at radius 1 is 1.06 bits per heavy atom. The summed E-state index contributed by atoms with van der Waals surface area (Å²) in [7, 11) is 1.85. The van der Waals surface area contributed by atoms with Crippen molar-refractivity contribution >= 4 is 41.7 Å². The zero-order valence-corrected chi connectivity index (χ0v) is 21.1. The summed E-state index contributed by atoms with van der Waals surface area (Å²) in [4.78, 5) is 28.2. The van der Waals surface area contributed by atoms with Crippen molar-refractivity contribution < 1.29 is 4.79 Å². The van der Waals surface area contributed by atoms with Crippen molar-refractivity contribution in [3.05, 3.63) is 24.4 Å². The highest BCUT2D eigenvalue weighted by Crippen LogP contribution is 2.43. The van der Waals surface area contributed by atoms with Crippen molar-refractivity contribution in [2.45, 2.75) is 44.9 Å². The average Bonchev–Trinajstić information content (AvgIpc) is 3.20. The van der Waals surface area contributed by atoms with E-state index < -0.39 is 0 Å². The normalized spacial score (nSPS) is 21.2. The van der Waals surface area contributed by atoms with Crippen molar-refractivity contribution in [1.82, 2.24) is 20.1 Å². The predicted octanol–water partition coefficient (Wildman–Crippen LogP) is 2.97. The van der Waals surface area contributed by atoms with Gasteiger partial charge in [-0.25, -0.2) is 4.98 Å². The number of likely N-dealkylation sites (tertiary alicyclic amines) is 1. The molecule has 1 aliphatic carbocycles. The molecule has 0 atom stereocenters. The monoisotopic (exact) mass is 540 g/mol. The minimum absolute atomic E-state index is 0. The fourth-order valence-corrected chi connectivity index (χ4v) is 5.32. The number of nitrogens with one attached hydrogen (secondary N) is 1. The molecule has 4 rings (SSSR count). The van der Waals surface area contributed by atoms with Gasteiger partial charge >= 0.3 is 0 Å². The van der Waals surface area contributed by atoms with Gasteiger partial charge in [0.1, 0.15) is 5.82 Å². The van der Waals surface area contributed by atoms with Crippen molar-refractivity contribution in [1.29, 1.82) is 0 Å². The van der Waals surface area contributed by atoms with Gasteiger partial charge in [0, 0.05) is 65.5 Å². The zero-order chi connectivity index (χ0) is 20.8. The minimum Gasteiger partial charge on any atom is -0.356 e. The van der Waals surface area contributed by atoms with Crippen LogP contribution in [0.15, 0.2) is 29.4 Å². The van der Waals surface area contributed by atoms with Gasteiger partial charge in [-0.05, 0) is 36.8 Å². The topological polar surface area (TPSA) is 64.1 Å². The number of halogens is 1. The maximum absolute atomic E-state index is 12.7. The van der Waals surface area contributed by atoms with E-state index in [4.69, 9.17) is 0 Å². The first-order valence-electron chi connectivity index (χ1n) is 11.6. The molecule has 3 aliphatic rings. The SMILES string of the molecule is CN=C(NCCC(=O)N1CCN(c2ccccn2)CC1)N1CCC2(CCCCC2)C1.I. The highest BCUT2D eigenvalue weighted by molar-refractivity contribution is 14.0. The van der Waals surface area contributed by atoms with Crippen LogP contribution in [0.25, 0.3) is 0 Å². The third-order valence-electron chi connectivity index (χ3n) is 7.09. The highest BCUT2D eigenvalue weighted by Gasteiger charge is 2.39. The van der Waals surface area contributed by atoms with E-state index in [-0.39, 0.29) is 29.9 Å². The molecule has 1 saturated carbocycles. The number of hydrogen-bond donors (Lipinski definition) is 1. The van der Waals surface area contributed by atoms with Gasteiger partial charge in [0.05, 0.1) is 0 Å². The number of pyridine rings is 1. The molecule has 1 aromatic rings. The molecular weight excluding hydrogens is 503 g/mol.